The van der Waals surface area contributed by atoms with Gasteiger partial charge in [0.25, 0.3) is 0 Å². The van der Waals surface area contributed by atoms with E-state index in [2.05, 4.69) is 9.71 Å². The molecule has 0 amide bonds. The lowest BCUT2D eigenvalue weighted by atomic mass is 10.8. The molecule has 0 bridgehead atoms. The SMILES string of the molecule is C1=NCNSC1. The third kappa shape index (κ3) is 0.988. The van der Waals surface area contributed by atoms with Gasteiger partial charge in [0.05, 0.1) is 6.67 Å². The lowest BCUT2D eigenvalue weighted by molar-refractivity contribution is 0.981. The van der Waals surface area contributed by atoms with Crippen LogP contribution in [0.5, 0.6) is 0 Å². The summed E-state index contributed by atoms with van der Waals surface area (Å²) in [6.45, 7) is 0.782. The van der Waals surface area contributed by atoms with E-state index in [1.165, 1.54) is 0 Å². The van der Waals surface area contributed by atoms with Crippen molar-refractivity contribution in [1.29, 1.82) is 0 Å². The number of nitrogens with one attached hydrogen (secondary N) is 1. The molecule has 0 atom stereocenters. The van der Waals surface area contributed by atoms with E-state index in [-0.39, 0.29) is 0 Å². The Labute approximate surface area is 41.2 Å². The van der Waals surface area contributed by atoms with Gasteiger partial charge in [0.2, 0.25) is 0 Å². The van der Waals surface area contributed by atoms with E-state index in [1.807, 2.05) is 6.21 Å². The van der Waals surface area contributed by atoms with Gasteiger partial charge in [-0.1, -0.05) is 11.9 Å². The molecule has 0 spiro atoms. The van der Waals surface area contributed by atoms with E-state index >= 15 is 0 Å². The zero-order valence-electron chi connectivity index (χ0n) is 3.35. The van der Waals surface area contributed by atoms with Crippen LogP contribution in [-0.4, -0.2) is 18.6 Å². The highest BCUT2D eigenvalue weighted by atomic mass is 32.2. The predicted octanol–water partition coefficient (Wildman–Crippen LogP) is 0.266. The van der Waals surface area contributed by atoms with Gasteiger partial charge in [-0.2, -0.15) is 0 Å². The molecule has 34 valence electrons. The fourth-order valence-corrected chi connectivity index (χ4v) is 0.760. The molecule has 0 fully saturated rings. The van der Waals surface area contributed by atoms with Crippen LogP contribution >= 0.6 is 11.9 Å². The minimum atomic E-state index is 0.782. The molecule has 0 aromatic rings. The molecule has 1 rings (SSSR count). The van der Waals surface area contributed by atoms with Crippen LogP contribution in [0.15, 0.2) is 4.99 Å². The van der Waals surface area contributed by atoms with Crippen LogP contribution in [-0.2, 0) is 0 Å². The smallest absolute Gasteiger partial charge is 0.0970 e. The van der Waals surface area contributed by atoms with Gasteiger partial charge in [0.1, 0.15) is 0 Å². The molecule has 1 aliphatic heterocycles. The van der Waals surface area contributed by atoms with E-state index < -0.39 is 0 Å². The largest absolute Gasteiger partial charge is 0.280 e. The summed E-state index contributed by atoms with van der Waals surface area (Å²) in [4.78, 5) is 3.92. The Kier molecular flexibility index (Phi) is 1.52. The molecular weight excluding hydrogens is 96.1 g/mol. The molecule has 0 saturated carbocycles. The van der Waals surface area contributed by atoms with Gasteiger partial charge in [-0.15, -0.1) is 0 Å². The Morgan fingerprint density at radius 2 is 2.83 bits per heavy atom. The molecule has 0 unspecified atom stereocenters. The fourth-order valence-electron chi connectivity index (χ4n) is 0.296. The minimum absolute atomic E-state index is 0.782. The first-order chi connectivity index (χ1) is 3.00. The van der Waals surface area contributed by atoms with Crippen molar-refractivity contribution in [3.05, 3.63) is 0 Å². The minimum Gasteiger partial charge on any atom is -0.280 e. The summed E-state index contributed by atoms with van der Waals surface area (Å²) in [5, 5.41) is 0. The van der Waals surface area contributed by atoms with Gasteiger partial charge in [0, 0.05) is 12.0 Å². The summed E-state index contributed by atoms with van der Waals surface area (Å²) in [5.74, 6) is 1.01. The summed E-state index contributed by atoms with van der Waals surface area (Å²) in [6, 6.07) is 0. The Bertz CT molecular complexity index is 53.8. The van der Waals surface area contributed by atoms with E-state index in [0.717, 1.165) is 12.4 Å². The number of aliphatic imine (C=N–C) groups is 1. The lowest BCUT2D eigenvalue weighted by Crippen LogP contribution is -2.09. The van der Waals surface area contributed by atoms with Crippen LogP contribution in [0.1, 0.15) is 0 Å². The Morgan fingerprint density at radius 1 is 1.83 bits per heavy atom. The van der Waals surface area contributed by atoms with Crippen molar-refractivity contribution in [2.75, 3.05) is 12.4 Å². The maximum Gasteiger partial charge on any atom is 0.0970 e. The molecule has 0 radical (unpaired) electrons. The standard InChI is InChI=1S/C3H6N2S/c1-2-6-5-3-4-1/h1,5H,2-3H2. The van der Waals surface area contributed by atoms with Gasteiger partial charge in [-0.3, -0.25) is 4.99 Å². The number of rotatable bonds is 0. The van der Waals surface area contributed by atoms with Crippen molar-refractivity contribution >= 4 is 18.2 Å². The first kappa shape index (κ1) is 4.15. The van der Waals surface area contributed by atoms with Crippen LogP contribution in [0.4, 0.5) is 0 Å². The Balaban J connectivity index is 2.26. The highest BCUT2D eigenvalue weighted by Gasteiger charge is 1.85. The molecule has 0 aromatic carbocycles. The topological polar surface area (TPSA) is 24.4 Å². The Morgan fingerprint density at radius 3 is 3.00 bits per heavy atom. The van der Waals surface area contributed by atoms with Gasteiger partial charge in [0.15, 0.2) is 0 Å². The van der Waals surface area contributed by atoms with E-state index in [4.69, 9.17) is 0 Å². The number of nitrogens with zero attached hydrogens (tertiary/aromatic N) is 1. The molecule has 0 aromatic heterocycles. The fraction of sp³-hybridized carbons (Fsp3) is 0.667. The summed E-state index contributed by atoms with van der Waals surface area (Å²) >= 11 is 1.70. The van der Waals surface area contributed by atoms with Crippen molar-refractivity contribution in [3.63, 3.8) is 0 Å². The van der Waals surface area contributed by atoms with Crippen molar-refractivity contribution in [2.24, 2.45) is 4.99 Å². The summed E-state index contributed by atoms with van der Waals surface area (Å²) in [7, 11) is 0. The van der Waals surface area contributed by atoms with Crippen molar-refractivity contribution < 1.29 is 0 Å². The van der Waals surface area contributed by atoms with E-state index in [1.54, 1.807) is 11.9 Å². The van der Waals surface area contributed by atoms with E-state index in [9.17, 15) is 0 Å². The first-order valence-corrected chi connectivity index (χ1v) is 2.81. The normalized spacial score (nSPS) is 21.3. The quantitative estimate of drug-likeness (QED) is 0.444. The second-order valence-electron chi connectivity index (χ2n) is 0.979. The molecule has 1 N–H and O–H groups in total. The average molecular weight is 102 g/mol. The molecule has 1 heterocycles. The molecular formula is C3H6N2S. The van der Waals surface area contributed by atoms with Crippen molar-refractivity contribution in [1.82, 2.24) is 4.72 Å². The maximum absolute atomic E-state index is 3.92. The Hall–Kier alpha value is -0.0200. The van der Waals surface area contributed by atoms with Crippen molar-refractivity contribution in [2.45, 2.75) is 0 Å². The maximum atomic E-state index is 3.92. The molecule has 0 aliphatic carbocycles. The highest BCUT2D eigenvalue weighted by Crippen LogP contribution is 1.92. The van der Waals surface area contributed by atoms with Gasteiger partial charge in [-0.25, -0.2) is 4.72 Å². The second kappa shape index (κ2) is 2.21. The van der Waals surface area contributed by atoms with Crippen LogP contribution in [0, 0.1) is 0 Å². The summed E-state index contributed by atoms with van der Waals surface area (Å²) in [6.07, 6.45) is 1.92. The van der Waals surface area contributed by atoms with Crippen LogP contribution in [0.2, 0.25) is 0 Å². The van der Waals surface area contributed by atoms with Gasteiger partial charge < -0.3 is 0 Å². The van der Waals surface area contributed by atoms with Crippen LogP contribution in [0.3, 0.4) is 0 Å². The summed E-state index contributed by atoms with van der Waals surface area (Å²) < 4.78 is 3.00. The van der Waals surface area contributed by atoms with Gasteiger partial charge >= 0.3 is 0 Å². The average Bonchev–Trinajstić information content (AvgIpc) is 1.72. The van der Waals surface area contributed by atoms with Crippen LogP contribution < -0.4 is 4.72 Å². The first-order valence-electron chi connectivity index (χ1n) is 1.83. The third-order valence-electron chi connectivity index (χ3n) is 0.545. The van der Waals surface area contributed by atoms with Crippen molar-refractivity contribution in [3.8, 4) is 0 Å². The zero-order chi connectivity index (χ0) is 4.24. The highest BCUT2D eigenvalue weighted by molar-refractivity contribution is 7.98. The molecule has 6 heavy (non-hydrogen) atoms. The van der Waals surface area contributed by atoms with E-state index in [0.29, 0.717) is 0 Å². The third-order valence-corrected chi connectivity index (χ3v) is 1.19. The monoisotopic (exact) mass is 102 g/mol. The molecule has 3 heteroatoms. The molecule has 1 aliphatic rings. The second-order valence-corrected chi connectivity index (χ2v) is 1.89. The molecule has 0 saturated heterocycles. The number of hydrogen-bond acceptors (Lipinski definition) is 3. The molecule has 2 nitrogen and oxygen atoms in total. The summed E-state index contributed by atoms with van der Waals surface area (Å²) in [5.41, 5.74) is 0. The van der Waals surface area contributed by atoms with Gasteiger partial charge in [-0.05, 0) is 0 Å². The predicted molar refractivity (Wildman–Crippen MR) is 29.0 cm³/mol. The zero-order valence-corrected chi connectivity index (χ0v) is 4.16. The van der Waals surface area contributed by atoms with Crippen LogP contribution in [0.25, 0.3) is 0 Å². The lowest BCUT2D eigenvalue weighted by Gasteiger charge is -2.00. The number of hydrogen-bond donors (Lipinski definition) is 1.